The van der Waals surface area contributed by atoms with Gasteiger partial charge in [0.1, 0.15) is 0 Å². The van der Waals surface area contributed by atoms with E-state index in [0.717, 1.165) is 37.8 Å². The Kier molecular flexibility index (Phi) is 4.02. The molecular weight excluding hydrogens is 229 g/mol. The van der Waals surface area contributed by atoms with Gasteiger partial charge in [-0.3, -0.25) is 0 Å². The molecule has 0 bridgehead atoms. The average Bonchev–Trinajstić information content (AvgIpc) is 3.16. The Morgan fingerprint density at radius 3 is 2.89 bits per heavy atom. The summed E-state index contributed by atoms with van der Waals surface area (Å²) < 4.78 is 18.4. The Labute approximate surface area is 108 Å². The van der Waals surface area contributed by atoms with Gasteiger partial charge in [0, 0.05) is 5.54 Å². The van der Waals surface area contributed by atoms with Gasteiger partial charge in [-0.1, -0.05) is 12.1 Å². The van der Waals surface area contributed by atoms with Crippen molar-refractivity contribution in [1.82, 2.24) is 5.32 Å². The topological polar surface area (TPSA) is 21.3 Å². The molecule has 0 heterocycles. The van der Waals surface area contributed by atoms with E-state index in [-0.39, 0.29) is 11.4 Å². The zero-order chi connectivity index (χ0) is 13.0. The minimum atomic E-state index is -0.302. The zero-order valence-corrected chi connectivity index (χ0v) is 10.8. The van der Waals surface area contributed by atoms with Crippen molar-refractivity contribution in [2.75, 3.05) is 13.7 Å². The van der Waals surface area contributed by atoms with Gasteiger partial charge in [-0.25, -0.2) is 4.39 Å². The number of benzene rings is 1. The van der Waals surface area contributed by atoms with Crippen LogP contribution >= 0.6 is 0 Å². The lowest BCUT2D eigenvalue weighted by Crippen LogP contribution is -2.29. The van der Waals surface area contributed by atoms with E-state index in [1.54, 1.807) is 0 Å². The van der Waals surface area contributed by atoms with E-state index in [1.807, 2.05) is 18.2 Å². The zero-order valence-electron chi connectivity index (χ0n) is 10.8. The van der Waals surface area contributed by atoms with Crippen LogP contribution in [0.3, 0.4) is 0 Å². The van der Waals surface area contributed by atoms with Crippen LogP contribution in [0.15, 0.2) is 30.9 Å². The molecule has 1 aliphatic rings. The number of unbranched alkanes of at least 4 members (excludes halogenated alkanes) is 1. The number of allylic oxidation sites excluding steroid dienone is 1. The highest BCUT2D eigenvalue weighted by molar-refractivity contribution is 5.37. The fourth-order valence-corrected chi connectivity index (χ4v) is 2.22. The summed E-state index contributed by atoms with van der Waals surface area (Å²) in [5.74, 6) is 0.0235. The number of nitrogens with one attached hydrogen (secondary N) is 1. The molecule has 0 unspecified atom stereocenters. The van der Waals surface area contributed by atoms with Gasteiger partial charge in [-0.05, 0) is 49.9 Å². The molecule has 2 nitrogen and oxygen atoms in total. The molecule has 98 valence electrons. The second-order valence-corrected chi connectivity index (χ2v) is 4.79. The first-order valence-corrected chi connectivity index (χ1v) is 6.42. The first-order chi connectivity index (χ1) is 8.72. The lowest BCUT2D eigenvalue weighted by Gasteiger charge is -2.18. The third-order valence-corrected chi connectivity index (χ3v) is 3.50. The Morgan fingerprint density at radius 1 is 1.50 bits per heavy atom. The molecule has 0 saturated heterocycles. The highest BCUT2D eigenvalue weighted by Gasteiger charge is 2.43. The normalized spacial score (nSPS) is 16.3. The summed E-state index contributed by atoms with van der Waals surface area (Å²) in [4.78, 5) is 0. The lowest BCUT2D eigenvalue weighted by atomic mass is 10.0. The second kappa shape index (κ2) is 5.53. The van der Waals surface area contributed by atoms with E-state index < -0.39 is 0 Å². The molecule has 2 rings (SSSR count). The van der Waals surface area contributed by atoms with Crippen LogP contribution in [0.5, 0.6) is 5.75 Å². The van der Waals surface area contributed by atoms with Gasteiger partial charge in [-0.2, -0.15) is 0 Å². The van der Waals surface area contributed by atoms with Crippen molar-refractivity contribution in [2.24, 2.45) is 0 Å². The van der Waals surface area contributed by atoms with Crippen molar-refractivity contribution >= 4 is 0 Å². The number of hydrogen-bond acceptors (Lipinski definition) is 2. The largest absolute Gasteiger partial charge is 0.494 e. The molecule has 3 heteroatoms. The second-order valence-electron chi connectivity index (χ2n) is 4.79. The smallest absolute Gasteiger partial charge is 0.165 e. The minimum absolute atomic E-state index is 0.0438. The molecule has 1 aromatic carbocycles. The molecular formula is C15H20FNO. The van der Waals surface area contributed by atoms with Gasteiger partial charge >= 0.3 is 0 Å². The highest BCUT2D eigenvalue weighted by Crippen LogP contribution is 2.46. The number of rotatable bonds is 7. The van der Waals surface area contributed by atoms with E-state index >= 15 is 0 Å². The van der Waals surface area contributed by atoms with Crippen LogP contribution in [0, 0.1) is 5.82 Å². The van der Waals surface area contributed by atoms with E-state index in [0.29, 0.717) is 5.75 Å². The summed E-state index contributed by atoms with van der Waals surface area (Å²) in [6.45, 7) is 4.68. The summed E-state index contributed by atoms with van der Waals surface area (Å²) in [5, 5.41) is 3.57. The van der Waals surface area contributed by atoms with Crippen molar-refractivity contribution in [1.29, 1.82) is 0 Å². The summed E-state index contributed by atoms with van der Waals surface area (Å²) in [6.07, 6.45) is 6.26. The molecule has 1 fully saturated rings. The molecule has 1 saturated carbocycles. The van der Waals surface area contributed by atoms with Crippen molar-refractivity contribution in [3.8, 4) is 5.75 Å². The monoisotopic (exact) mass is 249 g/mol. The van der Waals surface area contributed by atoms with Crippen LogP contribution in [0.1, 0.15) is 31.2 Å². The fraction of sp³-hybridized carbons (Fsp3) is 0.467. The first-order valence-electron chi connectivity index (χ1n) is 6.42. The SMILES string of the molecule is C=CCCCNC1(c2ccc(F)c(OC)c2)CC1. The van der Waals surface area contributed by atoms with Crippen molar-refractivity contribution < 1.29 is 9.13 Å². The van der Waals surface area contributed by atoms with E-state index in [9.17, 15) is 4.39 Å². The third kappa shape index (κ3) is 2.72. The maximum atomic E-state index is 13.4. The van der Waals surface area contributed by atoms with E-state index in [2.05, 4.69) is 11.9 Å². The maximum Gasteiger partial charge on any atom is 0.165 e. The minimum Gasteiger partial charge on any atom is -0.494 e. The predicted octanol–water partition coefficient (Wildman–Crippen LogP) is 3.38. The van der Waals surface area contributed by atoms with Gasteiger partial charge in [-0.15, -0.1) is 6.58 Å². The fourth-order valence-electron chi connectivity index (χ4n) is 2.22. The van der Waals surface area contributed by atoms with Crippen molar-refractivity contribution in [2.45, 2.75) is 31.2 Å². The van der Waals surface area contributed by atoms with Gasteiger partial charge in [0.05, 0.1) is 7.11 Å². The molecule has 0 radical (unpaired) electrons. The Hall–Kier alpha value is -1.35. The summed E-state index contributed by atoms with van der Waals surface area (Å²) in [5.41, 5.74) is 1.17. The molecule has 0 spiro atoms. The molecule has 1 aromatic rings. The van der Waals surface area contributed by atoms with Crippen LogP contribution in [-0.4, -0.2) is 13.7 Å². The van der Waals surface area contributed by atoms with Crippen molar-refractivity contribution in [3.63, 3.8) is 0 Å². The van der Waals surface area contributed by atoms with Gasteiger partial charge < -0.3 is 10.1 Å². The average molecular weight is 249 g/mol. The quantitative estimate of drug-likeness (QED) is 0.591. The number of halogens is 1. The highest BCUT2D eigenvalue weighted by atomic mass is 19.1. The summed E-state index contributed by atoms with van der Waals surface area (Å²) in [6, 6.07) is 5.15. The van der Waals surface area contributed by atoms with Gasteiger partial charge in [0.15, 0.2) is 11.6 Å². The molecule has 18 heavy (non-hydrogen) atoms. The van der Waals surface area contributed by atoms with Crippen molar-refractivity contribution in [3.05, 3.63) is 42.2 Å². The molecule has 1 N–H and O–H groups in total. The Balaban J connectivity index is 2.03. The lowest BCUT2D eigenvalue weighted by molar-refractivity contribution is 0.384. The molecule has 1 aliphatic carbocycles. The van der Waals surface area contributed by atoms with Crippen LogP contribution in [-0.2, 0) is 5.54 Å². The van der Waals surface area contributed by atoms with Crippen LogP contribution in [0.25, 0.3) is 0 Å². The molecule has 0 amide bonds. The molecule has 0 atom stereocenters. The van der Waals surface area contributed by atoms with E-state index in [1.165, 1.54) is 13.2 Å². The van der Waals surface area contributed by atoms with Gasteiger partial charge in [0.25, 0.3) is 0 Å². The number of methoxy groups -OCH3 is 1. The standard InChI is InChI=1S/C15H20FNO/c1-3-4-5-10-17-15(8-9-15)12-6-7-13(16)14(11-12)18-2/h3,6-7,11,17H,1,4-5,8-10H2,2H3. The number of hydrogen-bond donors (Lipinski definition) is 1. The number of ether oxygens (including phenoxy) is 1. The predicted molar refractivity (Wildman–Crippen MR) is 71.3 cm³/mol. The van der Waals surface area contributed by atoms with Crippen LogP contribution in [0.2, 0.25) is 0 Å². The maximum absolute atomic E-state index is 13.4. The summed E-state index contributed by atoms with van der Waals surface area (Å²) >= 11 is 0. The first kappa shape index (κ1) is 13.1. The van der Waals surface area contributed by atoms with Crippen LogP contribution in [0.4, 0.5) is 4.39 Å². The summed E-state index contributed by atoms with van der Waals surface area (Å²) in [7, 11) is 1.50. The Morgan fingerprint density at radius 2 is 2.28 bits per heavy atom. The van der Waals surface area contributed by atoms with Gasteiger partial charge in [0.2, 0.25) is 0 Å². The van der Waals surface area contributed by atoms with Crippen LogP contribution < -0.4 is 10.1 Å². The Bertz CT molecular complexity index is 427. The van der Waals surface area contributed by atoms with E-state index in [4.69, 9.17) is 4.74 Å². The molecule has 0 aliphatic heterocycles. The third-order valence-electron chi connectivity index (χ3n) is 3.50. The molecule has 0 aromatic heterocycles.